The average molecular weight is 450 g/mol. The molecule has 3 aliphatic rings. The van der Waals surface area contributed by atoms with Crippen molar-refractivity contribution in [2.45, 2.75) is 45.8 Å². The molecule has 0 spiro atoms. The van der Waals surface area contributed by atoms with Crippen molar-refractivity contribution in [2.24, 2.45) is 22.2 Å². The molecule has 0 aliphatic carbocycles. The van der Waals surface area contributed by atoms with Gasteiger partial charge in [-0.25, -0.2) is 0 Å². The van der Waals surface area contributed by atoms with Crippen LogP contribution in [0.4, 0.5) is 0 Å². The predicted molar refractivity (Wildman–Crippen MR) is 110 cm³/mol. The van der Waals surface area contributed by atoms with Gasteiger partial charge in [-0.15, -0.1) is 24.0 Å². The summed E-state index contributed by atoms with van der Waals surface area (Å²) in [4.78, 5) is 9.71. The second-order valence-corrected chi connectivity index (χ2v) is 8.60. The molecule has 4 atom stereocenters. The molecule has 3 aliphatic heterocycles. The lowest BCUT2D eigenvalue weighted by atomic mass is 9.82. The van der Waals surface area contributed by atoms with Crippen LogP contribution < -0.4 is 5.32 Å². The van der Waals surface area contributed by atoms with Gasteiger partial charge in [0.1, 0.15) is 0 Å². The normalized spacial score (nSPS) is 32.2. The van der Waals surface area contributed by atoms with Gasteiger partial charge in [0, 0.05) is 44.6 Å². The summed E-state index contributed by atoms with van der Waals surface area (Å²) < 4.78 is 6.09. The number of rotatable bonds is 5. The molecule has 0 aromatic carbocycles. The number of likely N-dealkylation sites (tertiary alicyclic amines) is 1. The van der Waals surface area contributed by atoms with Gasteiger partial charge in [-0.1, -0.05) is 13.8 Å². The van der Waals surface area contributed by atoms with Crippen molar-refractivity contribution in [1.29, 1.82) is 0 Å². The highest BCUT2D eigenvalue weighted by Crippen LogP contribution is 2.47. The molecule has 3 fully saturated rings. The fraction of sp³-hybridized carbons (Fsp3) is 0.944. The molecule has 0 radical (unpaired) electrons. The van der Waals surface area contributed by atoms with Gasteiger partial charge in [0.15, 0.2) is 5.96 Å². The summed E-state index contributed by atoms with van der Waals surface area (Å²) in [5, 5.41) is 3.51. The van der Waals surface area contributed by atoms with E-state index in [9.17, 15) is 0 Å². The van der Waals surface area contributed by atoms with Crippen LogP contribution in [0.1, 0.15) is 33.6 Å². The largest absolute Gasteiger partial charge is 0.374 e. The molecule has 0 aromatic heterocycles. The van der Waals surface area contributed by atoms with Gasteiger partial charge in [0.2, 0.25) is 0 Å². The van der Waals surface area contributed by atoms with E-state index in [1.807, 2.05) is 0 Å². The number of hydrogen-bond acceptors (Lipinski definition) is 3. The average Bonchev–Trinajstić information content (AvgIpc) is 3.13. The monoisotopic (exact) mass is 450 g/mol. The molecule has 4 unspecified atom stereocenters. The van der Waals surface area contributed by atoms with Gasteiger partial charge in [0.05, 0.1) is 12.2 Å². The zero-order chi connectivity index (χ0) is 16.6. The molecule has 0 amide bonds. The smallest absolute Gasteiger partial charge is 0.193 e. The Bertz CT molecular complexity index is 436. The summed E-state index contributed by atoms with van der Waals surface area (Å²) in [6.45, 7) is 11.8. The highest BCUT2D eigenvalue weighted by molar-refractivity contribution is 14.0. The van der Waals surface area contributed by atoms with Crippen LogP contribution >= 0.6 is 24.0 Å². The third-order valence-electron chi connectivity index (χ3n) is 5.49. The number of nitrogens with zero attached hydrogens (tertiary/aromatic N) is 3. The summed E-state index contributed by atoms with van der Waals surface area (Å²) in [6, 6.07) is 0. The fourth-order valence-electron chi connectivity index (χ4n) is 4.75. The van der Waals surface area contributed by atoms with E-state index in [-0.39, 0.29) is 29.4 Å². The number of ether oxygens (including phenoxy) is 1. The molecule has 0 saturated carbocycles. The molecule has 0 aromatic rings. The fourth-order valence-corrected chi connectivity index (χ4v) is 4.75. The van der Waals surface area contributed by atoms with E-state index in [0.29, 0.717) is 12.2 Å². The summed E-state index contributed by atoms with van der Waals surface area (Å²) in [6.07, 6.45) is 3.57. The molecule has 24 heavy (non-hydrogen) atoms. The zero-order valence-electron chi connectivity index (χ0n) is 15.9. The van der Waals surface area contributed by atoms with E-state index in [4.69, 9.17) is 9.73 Å². The number of fused-ring (bicyclic) bond motifs is 5. The van der Waals surface area contributed by atoms with Gasteiger partial charge in [0.25, 0.3) is 0 Å². The molecular weight excluding hydrogens is 415 g/mol. The van der Waals surface area contributed by atoms with Crippen LogP contribution in [0.15, 0.2) is 4.99 Å². The zero-order valence-corrected chi connectivity index (χ0v) is 18.2. The molecular formula is C18H35IN4O. The Morgan fingerprint density at radius 1 is 1.21 bits per heavy atom. The minimum absolute atomic E-state index is 0. The Morgan fingerprint density at radius 2 is 1.79 bits per heavy atom. The van der Waals surface area contributed by atoms with Crippen LogP contribution in [0.5, 0.6) is 0 Å². The number of aliphatic imine (C=N–C) groups is 1. The summed E-state index contributed by atoms with van der Waals surface area (Å²) in [5.41, 5.74) is 0.196. The van der Waals surface area contributed by atoms with Crippen LogP contribution in [0.25, 0.3) is 0 Å². The van der Waals surface area contributed by atoms with Gasteiger partial charge in [-0.2, -0.15) is 0 Å². The Labute approximate surface area is 164 Å². The lowest BCUT2D eigenvalue weighted by molar-refractivity contribution is 0.0767. The Kier molecular flexibility index (Phi) is 6.81. The predicted octanol–water partition coefficient (Wildman–Crippen LogP) is 2.27. The first-order valence-electron chi connectivity index (χ1n) is 9.23. The first kappa shape index (κ1) is 20.2. The van der Waals surface area contributed by atoms with Crippen LogP contribution in [-0.4, -0.2) is 74.8 Å². The third-order valence-corrected chi connectivity index (χ3v) is 5.49. The minimum atomic E-state index is 0. The maximum absolute atomic E-state index is 6.09. The summed E-state index contributed by atoms with van der Waals surface area (Å²) >= 11 is 0. The van der Waals surface area contributed by atoms with E-state index in [1.54, 1.807) is 0 Å². The van der Waals surface area contributed by atoms with Crippen molar-refractivity contribution in [2.75, 3.05) is 46.8 Å². The molecule has 2 bridgehead atoms. The van der Waals surface area contributed by atoms with E-state index >= 15 is 0 Å². The number of guanidine groups is 1. The number of nitrogens with one attached hydrogen (secondary N) is 1. The number of halogens is 1. The topological polar surface area (TPSA) is 40.1 Å². The van der Waals surface area contributed by atoms with Gasteiger partial charge >= 0.3 is 0 Å². The first-order chi connectivity index (χ1) is 10.9. The SMILES string of the molecule is CCNC(=NCC(C)(C)CN(C)C)N1CC2C3CCC(O3)C2C1.I. The third kappa shape index (κ3) is 4.36. The molecule has 3 heterocycles. The second-order valence-electron chi connectivity index (χ2n) is 8.60. The summed E-state index contributed by atoms with van der Waals surface area (Å²) in [7, 11) is 4.27. The molecule has 3 saturated heterocycles. The van der Waals surface area contributed by atoms with Crippen molar-refractivity contribution >= 4 is 29.9 Å². The quantitative estimate of drug-likeness (QED) is 0.397. The van der Waals surface area contributed by atoms with Crippen molar-refractivity contribution in [3.63, 3.8) is 0 Å². The lowest BCUT2D eigenvalue weighted by Crippen LogP contribution is -2.42. The standard InChI is InChI=1S/C18H34N4O.HI/c1-6-19-17(20-11-18(2,3)12-21(4)5)22-9-13-14(10-22)16-8-7-15(13)23-16;/h13-16H,6-12H2,1-5H3,(H,19,20);1H. The highest BCUT2D eigenvalue weighted by Gasteiger charge is 2.53. The van der Waals surface area contributed by atoms with Crippen molar-refractivity contribution < 1.29 is 4.74 Å². The second kappa shape index (κ2) is 8.08. The maximum atomic E-state index is 6.09. The van der Waals surface area contributed by atoms with Crippen molar-refractivity contribution in [3.8, 4) is 0 Å². The van der Waals surface area contributed by atoms with E-state index in [2.05, 4.69) is 50.0 Å². The molecule has 5 nitrogen and oxygen atoms in total. The Hall–Kier alpha value is -0.0800. The van der Waals surface area contributed by atoms with Crippen LogP contribution in [0.3, 0.4) is 0 Å². The summed E-state index contributed by atoms with van der Waals surface area (Å²) in [5.74, 6) is 2.56. The Balaban J connectivity index is 0.00000208. The van der Waals surface area contributed by atoms with E-state index in [0.717, 1.165) is 50.5 Å². The first-order valence-corrected chi connectivity index (χ1v) is 9.23. The van der Waals surface area contributed by atoms with E-state index < -0.39 is 0 Å². The molecule has 1 N–H and O–H groups in total. The van der Waals surface area contributed by atoms with Gasteiger partial charge in [-0.3, -0.25) is 4.99 Å². The lowest BCUT2D eigenvalue weighted by Gasteiger charge is -2.28. The Morgan fingerprint density at radius 3 is 2.29 bits per heavy atom. The van der Waals surface area contributed by atoms with E-state index in [1.165, 1.54) is 12.8 Å². The molecule has 6 heteroatoms. The highest BCUT2D eigenvalue weighted by atomic mass is 127. The van der Waals surface area contributed by atoms with Crippen molar-refractivity contribution in [3.05, 3.63) is 0 Å². The van der Waals surface area contributed by atoms with Crippen LogP contribution in [0, 0.1) is 17.3 Å². The minimum Gasteiger partial charge on any atom is -0.374 e. The van der Waals surface area contributed by atoms with Gasteiger partial charge in [-0.05, 0) is 39.3 Å². The van der Waals surface area contributed by atoms with Gasteiger partial charge < -0.3 is 19.9 Å². The number of hydrogen-bond donors (Lipinski definition) is 1. The maximum Gasteiger partial charge on any atom is 0.193 e. The van der Waals surface area contributed by atoms with Crippen molar-refractivity contribution in [1.82, 2.24) is 15.1 Å². The van der Waals surface area contributed by atoms with Crippen LogP contribution in [0.2, 0.25) is 0 Å². The molecule has 3 rings (SSSR count). The molecule has 140 valence electrons. The van der Waals surface area contributed by atoms with Crippen LogP contribution in [-0.2, 0) is 4.74 Å².